The highest BCUT2D eigenvalue weighted by Crippen LogP contribution is 2.21. The molecule has 0 saturated carbocycles. The minimum Gasteiger partial charge on any atom is -0.363 e. The summed E-state index contributed by atoms with van der Waals surface area (Å²) in [6.07, 6.45) is 1.30. The molecule has 0 fully saturated rings. The lowest BCUT2D eigenvalue weighted by atomic mass is 10.2. The van der Waals surface area contributed by atoms with E-state index in [-0.39, 0.29) is 10.7 Å². The second kappa shape index (κ2) is 4.50. The second-order valence-corrected chi connectivity index (χ2v) is 5.94. The van der Waals surface area contributed by atoms with Crippen LogP contribution in [-0.4, -0.2) is 13.6 Å². The number of hydrogen-bond donors (Lipinski definition) is 1. The van der Waals surface area contributed by atoms with E-state index in [9.17, 15) is 8.42 Å². The Labute approximate surface area is 107 Å². The molecule has 1 aromatic heterocycles. The quantitative estimate of drug-likeness (QED) is 0.944. The van der Waals surface area contributed by atoms with E-state index in [1.54, 1.807) is 12.1 Å². The van der Waals surface area contributed by atoms with Gasteiger partial charge in [0, 0.05) is 10.5 Å². The summed E-state index contributed by atoms with van der Waals surface area (Å²) in [6.45, 7) is 1.82. The first-order valence-corrected chi connectivity index (χ1v) is 6.96. The van der Waals surface area contributed by atoms with Gasteiger partial charge in [0.15, 0.2) is 5.82 Å². The Balaban J connectivity index is 2.35. The number of hydrogen-bond acceptors (Lipinski definition) is 4. The van der Waals surface area contributed by atoms with Gasteiger partial charge < -0.3 is 4.52 Å². The van der Waals surface area contributed by atoms with Crippen LogP contribution in [0.25, 0.3) is 0 Å². The highest BCUT2D eigenvalue weighted by Gasteiger charge is 2.16. The van der Waals surface area contributed by atoms with Gasteiger partial charge in [-0.2, -0.15) is 0 Å². The zero-order valence-corrected chi connectivity index (χ0v) is 11.2. The van der Waals surface area contributed by atoms with Crippen molar-refractivity contribution in [2.75, 3.05) is 4.72 Å². The largest absolute Gasteiger partial charge is 0.363 e. The maximum atomic E-state index is 12.0. The highest BCUT2D eigenvalue weighted by atomic mass is 79.9. The van der Waals surface area contributed by atoms with E-state index in [0.29, 0.717) is 0 Å². The van der Waals surface area contributed by atoms with Crippen LogP contribution in [0.5, 0.6) is 0 Å². The summed E-state index contributed by atoms with van der Waals surface area (Å²) in [4.78, 5) is 0.182. The Kier molecular flexibility index (Phi) is 3.21. The molecule has 5 nitrogen and oxygen atoms in total. The summed E-state index contributed by atoms with van der Waals surface area (Å²) in [7, 11) is -3.62. The van der Waals surface area contributed by atoms with Gasteiger partial charge >= 0.3 is 0 Å². The van der Waals surface area contributed by atoms with Crippen molar-refractivity contribution in [3.8, 4) is 0 Å². The topological polar surface area (TPSA) is 72.2 Å². The number of rotatable bonds is 3. The van der Waals surface area contributed by atoms with Gasteiger partial charge in [-0.25, -0.2) is 8.42 Å². The zero-order chi connectivity index (χ0) is 12.5. The fourth-order valence-electron chi connectivity index (χ4n) is 1.25. The first-order chi connectivity index (χ1) is 7.99. The first kappa shape index (κ1) is 12.1. The lowest BCUT2D eigenvalue weighted by Gasteiger charge is -2.06. The third-order valence-corrected chi connectivity index (χ3v) is 4.36. The number of aryl methyl sites for hydroxylation is 1. The third-order valence-electron chi connectivity index (χ3n) is 2.12. The SMILES string of the molecule is Cc1cc(S(=O)(=O)Nc2ccon2)ccc1Br. The van der Waals surface area contributed by atoms with Gasteiger partial charge in [0.2, 0.25) is 0 Å². The molecule has 1 N–H and O–H groups in total. The summed E-state index contributed by atoms with van der Waals surface area (Å²) < 4.78 is 31.6. The molecule has 0 atom stereocenters. The van der Waals surface area contributed by atoms with Crippen LogP contribution in [0.1, 0.15) is 5.56 Å². The molecular weight excluding hydrogens is 308 g/mol. The van der Waals surface area contributed by atoms with Crippen molar-refractivity contribution >= 4 is 31.8 Å². The molecule has 0 aliphatic heterocycles. The zero-order valence-electron chi connectivity index (χ0n) is 8.84. The summed E-state index contributed by atoms with van der Waals surface area (Å²) >= 11 is 3.31. The van der Waals surface area contributed by atoms with E-state index < -0.39 is 10.0 Å². The Morgan fingerprint density at radius 3 is 2.71 bits per heavy atom. The average Bonchev–Trinajstić information content (AvgIpc) is 2.73. The molecule has 0 amide bonds. The third kappa shape index (κ3) is 2.67. The number of nitrogens with one attached hydrogen (secondary N) is 1. The molecular formula is C10H9BrN2O3S. The van der Waals surface area contributed by atoms with Gasteiger partial charge in [0.05, 0.1) is 4.90 Å². The molecule has 1 aromatic carbocycles. The van der Waals surface area contributed by atoms with Crippen LogP contribution in [0.3, 0.4) is 0 Å². The van der Waals surface area contributed by atoms with Crippen molar-refractivity contribution in [1.29, 1.82) is 0 Å². The second-order valence-electron chi connectivity index (χ2n) is 3.40. The van der Waals surface area contributed by atoms with Gasteiger partial charge in [0.1, 0.15) is 6.26 Å². The van der Waals surface area contributed by atoms with Crippen LogP contribution in [0.2, 0.25) is 0 Å². The fraction of sp³-hybridized carbons (Fsp3) is 0.100. The van der Waals surface area contributed by atoms with Crippen LogP contribution in [-0.2, 0) is 10.0 Å². The van der Waals surface area contributed by atoms with Crippen molar-refractivity contribution in [2.24, 2.45) is 0 Å². The molecule has 0 aliphatic carbocycles. The number of anilines is 1. The molecule has 0 saturated heterocycles. The molecule has 7 heteroatoms. The summed E-state index contributed by atoms with van der Waals surface area (Å²) in [5.41, 5.74) is 0.841. The molecule has 1 heterocycles. The van der Waals surface area contributed by atoms with Gasteiger partial charge in [-0.1, -0.05) is 21.1 Å². The number of sulfonamides is 1. The summed E-state index contributed by atoms with van der Waals surface area (Å²) in [5, 5.41) is 3.49. The van der Waals surface area contributed by atoms with Crippen molar-refractivity contribution in [2.45, 2.75) is 11.8 Å². The predicted molar refractivity (Wildman–Crippen MR) is 66.2 cm³/mol. The summed E-state index contributed by atoms with van der Waals surface area (Å²) in [5.74, 6) is 0.158. The standard InChI is InChI=1S/C10H9BrN2O3S/c1-7-6-8(2-3-9(7)11)17(14,15)13-10-4-5-16-12-10/h2-6H,1H3,(H,12,13). The van der Waals surface area contributed by atoms with Crippen LogP contribution in [0, 0.1) is 6.92 Å². The minimum absolute atomic E-state index is 0.158. The van der Waals surface area contributed by atoms with Crippen LogP contribution < -0.4 is 4.72 Å². The van der Waals surface area contributed by atoms with Gasteiger partial charge in [-0.3, -0.25) is 4.72 Å². The van der Waals surface area contributed by atoms with Crippen molar-refractivity contribution in [1.82, 2.24) is 5.16 Å². The molecule has 0 unspecified atom stereocenters. The fourth-order valence-corrected chi connectivity index (χ4v) is 2.57. The van der Waals surface area contributed by atoms with Gasteiger partial charge in [-0.15, -0.1) is 0 Å². The van der Waals surface area contributed by atoms with E-state index in [1.165, 1.54) is 18.4 Å². The van der Waals surface area contributed by atoms with Crippen molar-refractivity contribution in [3.05, 3.63) is 40.6 Å². The highest BCUT2D eigenvalue weighted by molar-refractivity contribution is 9.10. The molecule has 0 aliphatic rings. The molecule has 2 rings (SSSR count). The van der Waals surface area contributed by atoms with Crippen LogP contribution in [0.15, 0.2) is 44.4 Å². The monoisotopic (exact) mass is 316 g/mol. The molecule has 17 heavy (non-hydrogen) atoms. The average molecular weight is 317 g/mol. The molecule has 0 spiro atoms. The van der Waals surface area contributed by atoms with E-state index in [4.69, 9.17) is 0 Å². The lowest BCUT2D eigenvalue weighted by Crippen LogP contribution is -2.13. The molecule has 2 aromatic rings. The van der Waals surface area contributed by atoms with E-state index in [2.05, 4.69) is 30.3 Å². The maximum absolute atomic E-state index is 12.0. The smallest absolute Gasteiger partial charge is 0.263 e. The molecule has 0 radical (unpaired) electrons. The van der Waals surface area contributed by atoms with Crippen LogP contribution >= 0.6 is 15.9 Å². The van der Waals surface area contributed by atoms with E-state index >= 15 is 0 Å². The number of benzene rings is 1. The Morgan fingerprint density at radius 2 is 2.12 bits per heavy atom. The van der Waals surface area contributed by atoms with Gasteiger partial charge in [-0.05, 0) is 30.7 Å². The Morgan fingerprint density at radius 1 is 1.35 bits per heavy atom. The number of aromatic nitrogens is 1. The van der Waals surface area contributed by atoms with E-state index in [0.717, 1.165) is 10.0 Å². The number of halogens is 1. The minimum atomic E-state index is -3.62. The van der Waals surface area contributed by atoms with Crippen LogP contribution in [0.4, 0.5) is 5.82 Å². The molecule has 90 valence electrons. The van der Waals surface area contributed by atoms with Gasteiger partial charge in [0.25, 0.3) is 10.0 Å². The Bertz CT molecular complexity index is 623. The Hall–Kier alpha value is -1.34. The van der Waals surface area contributed by atoms with E-state index in [1.807, 2.05) is 6.92 Å². The van der Waals surface area contributed by atoms with Crippen molar-refractivity contribution in [3.63, 3.8) is 0 Å². The predicted octanol–water partition coefficient (Wildman–Crippen LogP) is 2.55. The normalized spacial score (nSPS) is 11.4. The van der Waals surface area contributed by atoms with Crippen molar-refractivity contribution < 1.29 is 12.9 Å². The maximum Gasteiger partial charge on any atom is 0.263 e. The lowest BCUT2D eigenvalue weighted by molar-refractivity contribution is 0.423. The first-order valence-electron chi connectivity index (χ1n) is 4.68. The number of nitrogens with zero attached hydrogens (tertiary/aromatic N) is 1. The molecule has 0 bridgehead atoms. The summed E-state index contributed by atoms with van der Waals surface area (Å²) in [6, 6.07) is 6.21.